The van der Waals surface area contributed by atoms with Crippen molar-refractivity contribution < 1.29 is 0 Å². The second-order valence-corrected chi connectivity index (χ2v) is 5.44. The maximum atomic E-state index is 12.2. The molecule has 3 rings (SSSR count). The molecule has 0 amide bonds. The summed E-state index contributed by atoms with van der Waals surface area (Å²) in [5, 5.41) is 0. The van der Waals surface area contributed by atoms with Crippen LogP contribution in [0, 0.1) is 0 Å². The van der Waals surface area contributed by atoms with Gasteiger partial charge in [0.05, 0.1) is 6.54 Å². The second-order valence-electron chi connectivity index (χ2n) is 5.44. The van der Waals surface area contributed by atoms with Crippen LogP contribution in [0.1, 0.15) is 12.7 Å². The average Bonchev–Trinajstić information content (AvgIpc) is 3.01. The Morgan fingerprint density at radius 3 is 2.48 bits per heavy atom. The van der Waals surface area contributed by atoms with Gasteiger partial charge in [-0.15, -0.1) is 0 Å². The molecule has 0 atom stereocenters. The van der Waals surface area contributed by atoms with Crippen LogP contribution in [-0.4, -0.2) is 25.6 Å². The van der Waals surface area contributed by atoms with E-state index in [-0.39, 0.29) is 11.2 Å². The number of hydrogen-bond acceptors (Lipinski definition) is 4. The van der Waals surface area contributed by atoms with Crippen molar-refractivity contribution in [1.82, 2.24) is 19.1 Å². The number of imidazole rings is 1. The predicted molar refractivity (Wildman–Crippen MR) is 89.7 cm³/mol. The van der Waals surface area contributed by atoms with E-state index < -0.39 is 0 Å². The summed E-state index contributed by atoms with van der Waals surface area (Å²) < 4.78 is 2.47. The van der Waals surface area contributed by atoms with Crippen LogP contribution in [0.25, 0.3) is 11.2 Å². The Labute approximate surface area is 132 Å². The standard InChI is InChI=1S/C16H19N5O2/c1-4-21(11-8-6-5-7-9-11)10-12-17-13-14(18-12)19(2)16(23)20(3)15(13)22/h5-9H,4,10H2,1-3H3,(H,17,18). The van der Waals surface area contributed by atoms with Gasteiger partial charge >= 0.3 is 5.69 Å². The molecule has 0 fully saturated rings. The van der Waals surface area contributed by atoms with E-state index >= 15 is 0 Å². The van der Waals surface area contributed by atoms with Crippen molar-refractivity contribution in [2.75, 3.05) is 11.4 Å². The zero-order valence-corrected chi connectivity index (χ0v) is 13.4. The van der Waals surface area contributed by atoms with Gasteiger partial charge in [0.25, 0.3) is 5.56 Å². The molecule has 1 aromatic carbocycles. The number of para-hydroxylation sites is 1. The summed E-state index contributed by atoms with van der Waals surface area (Å²) in [7, 11) is 3.08. The van der Waals surface area contributed by atoms with Gasteiger partial charge in [-0.05, 0) is 19.1 Å². The molecule has 23 heavy (non-hydrogen) atoms. The SMILES string of the molecule is CCN(Cc1nc2c([nH]1)c(=O)n(C)c(=O)n2C)c1ccccc1. The van der Waals surface area contributed by atoms with Gasteiger partial charge in [0.15, 0.2) is 5.65 Å². The van der Waals surface area contributed by atoms with Crippen molar-refractivity contribution in [2.45, 2.75) is 13.5 Å². The zero-order chi connectivity index (χ0) is 16.6. The number of nitrogens with zero attached hydrogens (tertiary/aromatic N) is 4. The fourth-order valence-corrected chi connectivity index (χ4v) is 2.65. The summed E-state index contributed by atoms with van der Waals surface area (Å²) in [5.74, 6) is 0.656. The van der Waals surface area contributed by atoms with Crippen LogP contribution < -0.4 is 16.1 Å². The molecular formula is C16H19N5O2. The number of aryl methyl sites for hydroxylation is 1. The highest BCUT2D eigenvalue weighted by atomic mass is 16.2. The molecule has 0 aliphatic carbocycles. The Bertz CT molecular complexity index is 952. The van der Waals surface area contributed by atoms with Crippen LogP contribution in [0.2, 0.25) is 0 Å². The Kier molecular flexibility index (Phi) is 3.77. The van der Waals surface area contributed by atoms with Gasteiger partial charge in [-0.1, -0.05) is 18.2 Å². The number of rotatable bonds is 4. The molecule has 0 unspecified atom stereocenters. The second kappa shape index (κ2) is 5.75. The molecular weight excluding hydrogens is 294 g/mol. The molecule has 0 saturated carbocycles. The van der Waals surface area contributed by atoms with E-state index in [0.29, 0.717) is 23.5 Å². The number of benzene rings is 1. The molecule has 0 spiro atoms. The topological polar surface area (TPSA) is 75.9 Å². The summed E-state index contributed by atoms with van der Waals surface area (Å²) in [6.07, 6.45) is 0. The maximum absolute atomic E-state index is 12.2. The van der Waals surface area contributed by atoms with Crippen LogP contribution in [0.5, 0.6) is 0 Å². The number of hydrogen-bond donors (Lipinski definition) is 1. The molecule has 2 aromatic heterocycles. The lowest BCUT2D eigenvalue weighted by atomic mass is 10.3. The van der Waals surface area contributed by atoms with Crippen molar-refractivity contribution in [3.8, 4) is 0 Å². The largest absolute Gasteiger partial charge is 0.364 e. The predicted octanol–water partition coefficient (Wildman–Crippen LogP) is 0.987. The minimum Gasteiger partial charge on any atom is -0.364 e. The highest BCUT2D eigenvalue weighted by Crippen LogP contribution is 2.16. The van der Waals surface area contributed by atoms with E-state index in [4.69, 9.17) is 0 Å². The fraction of sp³-hybridized carbons (Fsp3) is 0.312. The average molecular weight is 313 g/mol. The lowest BCUT2D eigenvalue weighted by molar-refractivity contribution is 0.708. The summed E-state index contributed by atoms with van der Waals surface area (Å²) in [6.45, 7) is 3.40. The Morgan fingerprint density at radius 2 is 1.83 bits per heavy atom. The molecule has 1 N–H and O–H groups in total. The van der Waals surface area contributed by atoms with E-state index in [1.807, 2.05) is 30.3 Å². The van der Waals surface area contributed by atoms with Crippen molar-refractivity contribution >= 4 is 16.9 Å². The number of aromatic nitrogens is 4. The third kappa shape index (κ3) is 2.54. The Hall–Kier alpha value is -2.83. The van der Waals surface area contributed by atoms with Crippen LogP contribution in [0.15, 0.2) is 39.9 Å². The quantitative estimate of drug-likeness (QED) is 0.779. The summed E-state index contributed by atoms with van der Waals surface area (Å²) in [6, 6.07) is 9.99. The monoisotopic (exact) mass is 313 g/mol. The molecule has 3 aromatic rings. The number of fused-ring (bicyclic) bond motifs is 1. The zero-order valence-electron chi connectivity index (χ0n) is 13.4. The third-order valence-electron chi connectivity index (χ3n) is 3.99. The molecule has 0 saturated heterocycles. The lowest BCUT2D eigenvalue weighted by Crippen LogP contribution is -2.36. The van der Waals surface area contributed by atoms with Crippen molar-refractivity contribution in [2.24, 2.45) is 14.1 Å². The van der Waals surface area contributed by atoms with Crippen molar-refractivity contribution in [1.29, 1.82) is 0 Å². The molecule has 120 valence electrons. The van der Waals surface area contributed by atoms with Crippen molar-refractivity contribution in [3.63, 3.8) is 0 Å². The van der Waals surface area contributed by atoms with E-state index in [1.165, 1.54) is 11.6 Å². The smallest absolute Gasteiger partial charge is 0.332 e. The van der Waals surface area contributed by atoms with Gasteiger partial charge in [0.1, 0.15) is 11.3 Å². The molecule has 0 radical (unpaired) electrons. The van der Waals surface area contributed by atoms with Gasteiger partial charge in [-0.3, -0.25) is 13.9 Å². The van der Waals surface area contributed by atoms with Crippen molar-refractivity contribution in [3.05, 3.63) is 57.0 Å². The first-order chi connectivity index (χ1) is 11.0. The first-order valence-corrected chi connectivity index (χ1v) is 7.47. The third-order valence-corrected chi connectivity index (χ3v) is 3.99. The molecule has 2 heterocycles. The van der Waals surface area contributed by atoms with Gasteiger partial charge in [-0.2, -0.15) is 0 Å². The summed E-state index contributed by atoms with van der Waals surface area (Å²) >= 11 is 0. The molecule has 0 bridgehead atoms. The van der Waals surface area contributed by atoms with E-state index in [0.717, 1.165) is 16.8 Å². The van der Waals surface area contributed by atoms with Crippen LogP contribution >= 0.6 is 0 Å². The van der Waals surface area contributed by atoms with Gasteiger partial charge in [0.2, 0.25) is 0 Å². The molecule has 7 nitrogen and oxygen atoms in total. The maximum Gasteiger partial charge on any atom is 0.332 e. The first-order valence-electron chi connectivity index (χ1n) is 7.47. The van der Waals surface area contributed by atoms with Gasteiger partial charge < -0.3 is 9.88 Å². The van der Waals surface area contributed by atoms with Crippen LogP contribution in [0.4, 0.5) is 5.69 Å². The molecule has 0 aliphatic heterocycles. The number of nitrogens with one attached hydrogen (secondary N) is 1. The minimum atomic E-state index is -0.379. The normalized spacial score (nSPS) is 11.1. The molecule has 0 aliphatic rings. The minimum absolute atomic E-state index is 0.355. The van der Waals surface area contributed by atoms with E-state index in [9.17, 15) is 9.59 Å². The summed E-state index contributed by atoms with van der Waals surface area (Å²) in [4.78, 5) is 33.8. The summed E-state index contributed by atoms with van der Waals surface area (Å²) in [5.41, 5.74) is 1.09. The van der Waals surface area contributed by atoms with Crippen LogP contribution in [0.3, 0.4) is 0 Å². The Morgan fingerprint density at radius 1 is 1.13 bits per heavy atom. The number of H-pyrrole nitrogens is 1. The number of anilines is 1. The lowest BCUT2D eigenvalue weighted by Gasteiger charge is -2.21. The van der Waals surface area contributed by atoms with E-state index in [2.05, 4.69) is 21.8 Å². The fourth-order valence-electron chi connectivity index (χ4n) is 2.65. The van der Waals surface area contributed by atoms with Gasteiger partial charge in [0, 0.05) is 26.3 Å². The number of aromatic amines is 1. The van der Waals surface area contributed by atoms with Gasteiger partial charge in [-0.25, -0.2) is 9.78 Å². The highest BCUT2D eigenvalue weighted by molar-refractivity contribution is 5.69. The van der Waals surface area contributed by atoms with E-state index in [1.54, 1.807) is 7.05 Å². The highest BCUT2D eigenvalue weighted by Gasteiger charge is 2.15. The molecule has 7 heteroatoms. The first kappa shape index (κ1) is 15.1. The Balaban J connectivity index is 2.05. The van der Waals surface area contributed by atoms with Crippen LogP contribution in [-0.2, 0) is 20.6 Å².